The molecule has 0 saturated carbocycles. The zero-order chi connectivity index (χ0) is 19.6. The molecule has 0 fully saturated rings. The number of hydrogen-bond donors (Lipinski definition) is 0. The van der Waals surface area contributed by atoms with Crippen molar-refractivity contribution in [3.05, 3.63) is 52.0 Å². The van der Waals surface area contributed by atoms with Gasteiger partial charge >= 0.3 is 0 Å². The van der Waals surface area contributed by atoms with Crippen molar-refractivity contribution in [2.45, 2.75) is 20.8 Å². The number of methoxy groups -OCH3 is 1. The molecule has 1 aliphatic rings. The summed E-state index contributed by atoms with van der Waals surface area (Å²) in [5, 5.41) is 0. The van der Waals surface area contributed by atoms with Crippen LogP contribution in [-0.2, 0) is 4.79 Å². The summed E-state index contributed by atoms with van der Waals surface area (Å²) in [4.78, 5) is 15.0. The molecule has 0 radical (unpaired) electrons. The van der Waals surface area contributed by atoms with Gasteiger partial charge < -0.3 is 14.4 Å². The first kappa shape index (κ1) is 19.5. The van der Waals surface area contributed by atoms with Gasteiger partial charge in [-0.25, -0.2) is 0 Å². The van der Waals surface area contributed by atoms with E-state index in [-0.39, 0.29) is 5.91 Å². The Morgan fingerprint density at radius 3 is 2.59 bits per heavy atom. The van der Waals surface area contributed by atoms with Gasteiger partial charge in [-0.2, -0.15) is 0 Å². The van der Waals surface area contributed by atoms with E-state index in [9.17, 15) is 4.79 Å². The maximum absolute atomic E-state index is 13.1. The number of amides is 1. The molecule has 0 N–H and O–H groups in total. The van der Waals surface area contributed by atoms with E-state index >= 15 is 0 Å². The van der Waals surface area contributed by atoms with E-state index in [0.29, 0.717) is 36.1 Å². The topological polar surface area (TPSA) is 38.8 Å². The second-order valence-electron chi connectivity index (χ2n) is 6.84. The first-order valence-corrected chi connectivity index (χ1v) is 9.88. The van der Waals surface area contributed by atoms with Crippen molar-refractivity contribution in [2.24, 2.45) is 5.92 Å². The molecule has 0 bridgehead atoms. The number of para-hydroxylation sites is 1. The van der Waals surface area contributed by atoms with Gasteiger partial charge in [-0.1, -0.05) is 48.0 Å². The van der Waals surface area contributed by atoms with Crippen LogP contribution in [0.3, 0.4) is 0 Å². The molecule has 142 valence electrons. The maximum atomic E-state index is 13.1. The SMILES string of the molecule is CCOc1cc(/C=C2\C(=O)N(CC(C)C)c3ccccc32)c(Br)cc1OC. The Morgan fingerprint density at radius 1 is 1.19 bits per heavy atom. The minimum Gasteiger partial charge on any atom is -0.493 e. The lowest BCUT2D eigenvalue weighted by atomic mass is 10.0. The van der Waals surface area contributed by atoms with Crippen molar-refractivity contribution < 1.29 is 14.3 Å². The molecule has 1 aliphatic heterocycles. The van der Waals surface area contributed by atoms with Gasteiger partial charge in [0.1, 0.15) is 0 Å². The van der Waals surface area contributed by atoms with Gasteiger partial charge in [0.2, 0.25) is 0 Å². The molecule has 0 aliphatic carbocycles. The largest absolute Gasteiger partial charge is 0.493 e. The van der Waals surface area contributed by atoms with Gasteiger partial charge in [-0.15, -0.1) is 0 Å². The number of hydrogen-bond acceptors (Lipinski definition) is 3. The standard InChI is InChI=1S/C22H24BrNO3/c1-5-27-21-11-15(18(23)12-20(21)26-4)10-17-16-8-6-7-9-19(16)24(22(17)25)13-14(2)3/h6-12,14H,5,13H2,1-4H3/b17-10-. The van der Waals surface area contributed by atoms with Gasteiger partial charge in [0.15, 0.2) is 11.5 Å². The van der Waals surface area contributed by atoms with Crippen molar-refractivity contribution in [1.82, 2.24) is 0 Å². The second-order valence-corrected chi connectivity index (χ2v) is 7.70. The lowest BCUT2D eigenvalue weighted by Gasteiger charge is -2.19. The van der Waals surface area contributed by atoms with Crippen LogP contribution < -0.4 is 14.4 Å². The fourth-order valence-corrected chi connectivity index (χ4v) is 3.67. The molecule has 3 rings (SSSR count). The average Bonchev–Trinajstić information content (AvgIpc) is 2.90. The second kappa shape index (κ2) is 8.17. The highest BCUT2D eigenvalue weighted by Crippen LogP contribution is 2.40. The van der Waals surface area contributed by atoms with E-state index in [1.54, 1.807) is 7.11 Å². The van der Waals surface area contributed by atoms with Crippen LogP contribution in [0.1, 0.15) is 31.9 Å². The molecule has 0 unspecified atom stereocenters. The van der Waals surface area contributed by atoms with Crippen LogP contribution in [0.25, 0.3) is 11.6 Å². The summed E-state index contributed by atoms with van der Waals surface area (Å²) in [7, 11) is 1.61. The molecule has 27 heavy (non-hydrogen) atoms. The molecule has 0 atom stereocenters. The van der Waals surface area contributed by atoms with Crippen LogP contribution in [0, 0.1) is 5.92 Å². The van der Waals surface area contributed by atoms with Crippen molar-refractivity contribution in [3.63, 3.8) is 0 Å². The average molecular weight is 430 g/mol. The first-order chi connectivity index (χ1) is 13.0. The molecule has 1 heterocycles. The highest BCUT2D eigenvalue weighted by molar-refractivity contribution is 9.10. The molecular formula is C22H24BrNO3. The number of carbonyl (C=O) groups is 1. The number of halogens is 1. The first-order valence-electron chi connectivity index (χ1n) is 9.09. The van der Waals surface area contributed by atoms with Crippen molar-refractivity contribution in [3.8, 4) is 11.5 Å². The normalized spacial score (nSPS) is 14.8. The fraction of sp³-hybridized carbons (Fsp3) is 0.318. The summed E-state index contributed by atoms with van der Waals surface area (Å²) in [6.45, 7) is 7.40. The number of rotatable bonds is 6. The van der Waals surface area contributed by atoms with E-state index < -0.39 is 0 Å². The summed E-state index contributed by atoms with van der Waals surface area (Å²) >= 11 is 3.59. The summed E-state index contributed by atoms with van der Waals surface area (Å²) in [5.74, 6) is 1.74. The highest BCUT2D eigenvalue weighted by Gasteiger charge is 2.32. The van der Waals surface area contributed by atoms with Crippen LogP contribution in [0.2, 0.25) is 0 Å². The Labute approximate surface area is 168 Å². The van der Waals surface area contributed by atoms with Gasteiger partial charge in [-0.3, -0.25) is 4.79 Å². The molecule has 0 saturated heterocycles. The lowest BCUT2D eigenvalue weighted by Crippen LogP contribution is -2.30. The van der Waals surface area contributed by atoms with Crippen molar-refractivity contribution in [1.29, 1.82) is 0 Å². The quantitative estimate of drug-likeness (QED) is 0.576. The van der Waals surface area contributed by atoms with Crippen LogP contribution in [0.15, 0.2) is 40.9 Å². The Balaban J connectivity index is 2.09. The number of ether oxygens (including phenoxy) is 2. The minimum atomic E-state index is 0.0329. The molecular weight excluding hydrogens is 406 g/mol. The maximum Gasteiger partial charge on any atom is 0.259 e. The number of fused-ring (bicyclic) bond motifs is 1. The monoisotopic (exact) mass is 429 g/mol. The molecule has 2 aromatic carbocycles. The molecule has 1 amide bonds. The summed E-state index contributed by atoms with van der Waals surface area (Å²) in [5.41, 5.74) is 3.50. The van der Waals surface area contributed by atoms with Crippen molar-refractivity contribution in [2.75, 3.05) is 25.2 Å². The van der Waals surface area contributed by atoms with Gasteiger partial charge in [0, 0.05) is 22.2 Å². The Morgan fingerprint density at radius 2 is 1.93 bits per heavy atom. The Kier molecular flexibility index (Phi) is 5.90. The molecule has 5 heteroatoms. The predicted octanol–water partition coefficient (Wildman–Crippen LogP) is 5.40. The van der Waals surface area contributed by atoms with Crippen LogP contribution in [-0.4, -0.2) is 26.2 Å². The zero-order valence-corrected chi connectivity index (χ0v) is 17.7. The Bertz CT molecular complexity index is 889. The molecule has 0 aromatic heterocycles. The predicted molar refractivity (Wildman–Crippen MR) is 113 cm³/mol. The summed E-state index contributed by atoms with van der Waals surface area (Å²) in [6, 6.07) is 11.7. The van der Waals surface area contributed by atoms with Gasteiger partial charge in [-0.05, 0) is 42.7 Å². The molecule has 2 aromatic rings. The van der Waals surface area contributed by atoms with Crippen LogP contribution >= 0.6 is 15.9 Å². The molecule has 4 nitrogen and oxygen atoms in total. The third kappa shape index (κ3) is 3.88. The number of benzene rings is 2. The van der Waals surface area contributed by atoms with E-state index in [2.05, 4.69) is 29.8 Å². The van der Waals surface area contributed by atoms with Crippen LogP contribution in [0.5, 0.6) is 11.5 Å². The van der Waals surface area contributed by atoms with E-state index in [1.807, 2.05) is 54.3 Å². The summed E-state index contributed by atoms with van der Waals surface area (Å²) < 4.78 is 11.9. The minimum absolute atomic E-state index is 0.0329. The van der Waals surface area contributed by atoms with Gasteiger partial charge in [0.05, 0.1) is 19.4 Å². The molecule has 0 spiro atoms. The number of anilines is 1. The lowest BCUT2D eigenvalue weighted by molar-refractivity contribution is -0.113. The van der Waals surface area contributed by atoms with E-state index in [4.69, 9.17) is 9.47 Å². The zero-order valence-electron chi connectivity index (χ0n) is 16.1. The van der Waals surface area contributed by atoms with E-state index in [1.165, 1.54) is 0 Å². The van der Waals surface area contributed by atoms with Gasteiger partial charge in [0.25, 0.3) is 5.91 Å². The highest BCUT2D eigenvalue weighted by atomic mass is 79.9. The van der Waals surface area contributed by atoms with E-state index in [0.717, 1.165) is 21.3 Å². The number of nitrogens with zero attached hydrogens (tertiary/aromatic N) is 1. The van der Waals surface area contributed by atoms with Crippen LogP contribution in [0.4, 0.5) is 5.69 Å². The third-order valence-electron chi connectivity index (χ3n) is 4.39. The smallest absolute Gasteiger partial charge is 0.259 e. The summed E-state index contributed by atoms with van der Waals surface area (Å²) in [6.07, 6.45) is 1.92. The fourth-order valence-electron chi connectivity index (χ4n) is 3.24. The number of carbonyl (C=O) groups excluding carboxylic acids is 1. The Hall–Kier alpha value is -2.27. The van der Waals surface area contributed by atoms with Crippen molar-refractivity contribution >= 4 is 39.2 Å². The third-order valence-corrected chi connectivity index (χ3v) is 5.08.